The number of rotatable bonds is 4. The molecule has 21 heavy (non-hydrogen) atoms. The Morgan fingerprint density at radius 3 is 2.29 bits per heavy atom. The van der Waals surface area contributed by atoms with Crippen molar-refractivity contribution in [1.82, 2.24) is 18.7 Å². The van der Waals surface area contributed by atoms with Crippen LogP contribution in [-0.2, 0) is 26.6 Å². The number of hydrogen-bond acceptors (Lipinski definition) is 4. The molecule has 0 spiro atoms. The largest absolute Gasteiger partial charge is 0.332 e. The van der Waals surface area contributed by atoms with E-state index < -0.39 is 5.54 Å². The van der Waals surface area contributed by atoms with Crippen LogP contribution in [0.1, 0.15) is 33.5 Å². The van der Waals surface area contributed by atoms with Crippen molar-refractivity contribution in [3.8, 4) is 0 Å². The minimum absolute atomic E-state index is 0.299. The van der Waals surface area contributed by atoms with Gasteiger partial charge in [0.15, 0.2) is 11.2 Å². The quantitative estimate of drug-likeness (QED) is 0.873. The summed E-state index contributed by atoms with van der Waals surface area (Å²) in [4.78, 5) is 29.3. The average Bonchev–Trinajstić information content (AvgIpc) is 2.73. The first-order valence-corrected chi connectivity index (χ1v) is 7.19. The summed E-state index contributed by atoms with van der Waals surface area (Å²) in [5.41, 5.74) is 5.87. The highest BCUT2D eigenvalue weighted by Gasteiger charge is 2.22. The first-order valence-electron chi connectivity index (χ1n) is 7.19. The van der Waals surface area contributed by atoms with Crippen LogP contribution in [-0.4, -0.2) is 24.2 Å². The molecule has 2 heterocycles. The molecule has 7 heteroatoms. The van der Waals surface area contributed by atoms with Gasteiger partial charge in [0.2, 0.25) is 0 Å². The van der Waals surface area contributed by atoms with E-state index in [0.717, 1.165) is 5.82 Å². The smallest absolute Gasteiger partial charge is 0.324 e. The fourth-order valence-corrected chi connectivity index (χ4v) is 2.54. The van der Waals surface area contributed by atoms with Gasteiger partial charge in [-0.25, -0.2) is 9.78 Å². The van der Waals surface area contributed by atoms with E-state index in [1.54, 1.807) is 14.0 Å². The summed E-state index contributed by atoms with van der Waals surface area (Å²) >= 11 is 0. The van der Waals surface area contributed by atoms with Crippen LogP contribution in [0.15, 0.2) is 9.59 Å². The number of fused-ring (bicyclic) bond motifs is 1. The Bertz CT molecular complexity index is 789. The number of aryl methyl sites for hydroxylation is 2. The highest BCUT2D eigenvalue weighted by molar-refractivity contribution is 5.71. The van der Waals surface area contributed by atoms with Crippen LogP contribution in [0.4, 0.5) is 0 Å². The van der Waals surface area contributed by atoms with Crippen molar-refractivity contribution in [3.05, 3.63) is 26.7 Å². The normalized spacial score (nSPS) is 12.3. The second-order valence-electron chi connectivity index (χ2n) is 6.02. The molecule has 0 aliphatic heterocycles. The number of nitrogens with two attached hydrogens (primary N) is 1. The summed E-state index contributed by atoms with van der Waals surface area (Å²) in [6.07, 6.45) is 0.671. The van der Waals surface area contributed by atoms with Crippen molar-refractivity contribution >= 4 is 11.2 Å². The van der Waals surface area contributed by atoms with Gasteiger partial charge in [0.25, 0.3) is 5.56 Å². The lowest BCUT2D eigenvalue weighted by Gasteiger charge is -2.21. The molecular formula is C14H23N5O2. The van der Waals surface area contributed by atoms with Crippen LogP contribution in [0.5, 0.6) is 0 Å². The van der Waals surface area contributed by atoms with Crippen LogP contribution in [0.2, 0.25) is 0 Å². The molecule has 0 atom stereocenters. The number of nitrogens with zero attached hydrogens (tertiary/aromatic N) is 4. The Morgan fingerprint density at radius 1 is 1.19 bits per heavy atom. The zero-order valence-electron chi connectivity index (χ0n) is 13.3. The van der Waals surface area contributed by atoms with Gasteiger partial charge in [-0.2, -0.15) is 0 Å². The standard InChI is InChI=1S/C14H23N5O2/c1-6-9-16-11-10(19(9)8-14(3,4)15)12(20)18(7-2)13(21)17(11)5/h6-8,15H2,1-5H3. The van der Waals surface area contributed by atoms with Crippen molar-refractivity contribution in [3.63, 3.8) is 0 Å². The molecule has 0 saturated heterocycles. The Morgan fingerprint density at radius 2 is 1.81 bits per heavy atom. The number of aromatic nitrogens is 4. The van der Waals surface area contributed by atoms with E-state index in [1.165, 1.54) is 9.13 Å². The second kappa shape index (κ2) is 5.14. The van der Waals surface area contributed by atoms with Crippen molar-refractivity contribution in [2.24, 2.45) is 12.8 Å². The molecule has 0 amide bonds. The molecule has 0 fully saturated rings. The van der Waals surface area contributed by atoms with Crippen molar-refractivity contribution in [2.75, 3.05) is 0 Å². The molecule has 7 nitrogen and oxygen atoms in total. The molecule has 0 aliphatic carbocycles. The third kappa shape index (κ3) is 2.53. The van der Waals surface area contributed by atoms with Crippen LogP contribution < -0.4 is 17.0 Å². The topological polar surface area (TPSA) is 87.8 Å². The van der Waals surface area contributed by atoms with E-state index in [0.29, 0.717) is 30.7 Å². The van der Waals surface area contributed by atoms with Crippen LogP contribution in [0.3, 0.4) is 0 Å². The average molecular weight is 293 g/mol. The minimum atomic E-state index is -0.476. The Hall–Kier alpha value is -1.89. The zero-order valence-corrected chi connectivity index (χ0v) is 13.3. The first kappa shape index (κ1) is 15.5. The Balaban J connectivity index is 2.94. The summed E-state index contributed by atoms with van der Waals surface area (Å²) in [5, 5.41) is 0. The zero-order chi connectivity index (χ0) is 15.9. The lowest BCUT2D eigenvalue weighted by Crippen LogP contribution is -2.41. The SMILES string of the molecule is CCc1nc2c(c(=O)n(CC)c(=O)n2C)n1CC(C)(C)N. The summed E-state index contributed by atoms with van der Waals surface area (Å²) in [5.74, 6) is 0.768. The van der Waals surface area contributed by atoms with Crippen LogP contribution in [0.25, 0.3) is 11.2 Å². The van der Waals surface area contributed by atoms with Gasteiger partial charge >= 0.3 is 5.69 Å². The molecule has 0 radical (unpaired) electrons. The fraction of sp³-hybridized carbons (Fsp3) is 0.643. The molecule has 2 N–H and O–H groups in total. The molecule has 2 aromatic heterocycles. The molecule has 0 aliphatic rings. The molecule has 0 unspecified atom stereocenters. The molecule has 2 rings (SSSR count). The lowest BCUT2D eigenvalue weighted by molar-refractivity contribution is 0.431. The van der Waals surface area contributed by atoms with Gasteiger partial charge < -0.3 is 10.3 Å². The summed E-state index contributed by atoms with van der Waals surface area (Å²) in [6.45, 7) is 8.36. The predicted octanol–water partition coefficient (Wildman–Crippen LogP) is 0.216. The minimum Gasteiger partial charge on any atom is -0.324 e. The molecule has 116 valence electrons. The maximum Gasteiger partial charge on any atom is 0.332 e. The Kier molecular flexibility index (Phi) is 3.79. The van der Waals surface area contributed by atoms with Gasteiger partial charge in [0.1, 0.15) is 5.82 Å². The first-order chi connectivity index (χ1) is 9.71. The third-order valence-corrected chi connectivity index (χ3v) is 3.51. The maximum absolute atomic E-state index is 12.6. The van der Waals surface area contributed by atoms with E-state index in [-0.39, 0.29) is 11.2 Å². The van der Waals surface area contributed by atoms with Gasteiger partial charge in [0, 0.05) is 32.1 Å². The monoisotopic (exact) mass is 293 g/mol. The number of imidazole rings is 1. The molecule has 0 bridgehead atoms. The van der Waals surface area contributed by atoms with E-state index >= 15 is 0 Å². The van der Waals surface area contributed by atoms with E-state index in [9.17, 15) is 9.59 Å². The summed E-state index contributed by atoms with van der Waals surface area (Å²) in [7, 11) is 1.64. The molecular weight excluding hydrogens is 270 g/mol. The van der Waals surface area contributed by atoms with Crippen molar-refractivity contribution in [1.29, 1.82) is 0 Å². The lowest BCUT2D eigenvalue weighted by atomic mass is 10.1. The molecule has 0 aromatic carbocycles. The highest BCUT2D eigenvalue weighted by atomic mass is 16.2. The van der Waals surface area contributed by atoms with Crippen molar-refractivity contribution < 1.29 is 0 Å². The third-order valence-electron chi connectivity index (χ3n) is 3.51. The van der Waals surface area contributed by atoms with Crippen LogP contribution in [0, 0.1) is 0 Å². The summed E-state index contributed by atoms with van der Waals surface area (Å²) < 4.78 is 4.51. The van der Waals surface area contributed by atoms with Gasteiger partial charge in [-0.05, 0) is 20.8 Å². The summed E-state index contributed by atoms with van der Waals surface area (Å²) in [6, 6.07) is 0. The Labute approximate surface area is 123 Å². The van der Waals surface area contributed by atoms with E-state index in [1.807, 2.05) is 25.3 Å². The predicted molar refractivity (Wildman–Crippen MR) is 82.6 cm³/mol. The maximum atomic E-state index is 12.6. The van der Waals surface area contributed by atoms with E-state index in [2.05, 4.69) is 4.98 Å². The van der Waals surface area contributed by atoms with Gasteiger partial charge in [-0.15, -0.1) is 0 Å². The number of hydrogen-bond donors (Lipinski definition) is 1. The molecule has 0 saturated carbocycles. The van der Waals surface area contributed by atoms with Crippen LogP contribution >= 0.6 is 0 Å². The highest BCUT2D eigenvalue weighted by Crippen LogP contribution is 2.15. The van der Waals surface area contributed by atoms with E-state index in [4.69, 9.17) is 5.73 Å². The molecule has 2 aromatic rings. The second-order valence-corrected chi connectivity index (χ2v) is 6.02. The van der Waals surface area contributed by atoms with Gasteiger partial charge in [-0.3, -0.25) is 13.9 Å². The fourth-order valence-electron chi connectivity index (χ4n) is 2.54. The van der Waals surface area contributed by atoms with Gasteiger partial charge in [0.05, 0.1) is 0 Å². The van der Waals surface area contributed by atoms with Gasteiger partial charge in [-0.1, -0.05) is 6.92 Å². The van der Waals surface area contributed by atoms with Crippen molar-refractivity contribution in [2.45, 2.75) is 52.7 Å².